The zero-order chi connectivity index (χ0) is 13.0. The van der Waals surface area contributed by atoms with E-state index in [1.165, 1.54) is 35.6 Å². The molecule has 1 N–H and O–H groups in total. The van der Waals surface area contributed by atoms with Gasteiger partial charge >= 0.3 is 6.36 Å². The first-order valence-electron chi connectivity index (χ1n) is 5.00. The number of halogens is 3. The topological polar surface area (TPSA) is 34.1 Å². The average Bonchev–Trinajstić information content (AvgIpc) is 2.79. The van der Waals surface area contributed by atoms with Crippen LogP contribution in [0.5, 0.6) is 5.75 Å². The Hall–Kier alpha value is -1.76. The van der Waals surface area contributed by atoms with Gasteiger partial charge in [0.15, 0.2) is 0 Å². The maximum Gasteiger partial charge on any atom is 0.573 e. The molecule has 1 aromatic carbocycles. The quantitative estimate of drug-likeness (QED) is 0.924. The molecule has 0 atom stereocenters. The van der Waals surface area contributed by atoms with Gasteiger partial charge in [-0.1, -0.05) is 0 Å². The van der Waals surface area contributed by atoms with E-state index in [2.05, 4.69) is 15.0 Å². The molecule has 2 aromatic rings. The van der Waals surface area contributed by atoms with E-state index in [9.17, 15) is 13.2 Å². The molecule has 1 aromatic heterocycles. The maximum atomic E-state index is 11.9. The zero-order valence-corrected chi connectivity index (χ0v) is 9.89. The number of anilines is 1. The molecule has 96 valence electrons. The van der Waals surface area contributed by atoms with Gasteiger partial charge in [-0.15, -0.1) is 24.5 Å². The number of thiazole rings is 1. The molecule has 0 spiro atoms. The van der Waals surface area contributed by atoms with Gasteiger partial charge in [0.1, 0.15) is 5.75 Å². The molecular formula is C11H9F3N2OS. The molecule has 0 amide bonds. The van der Waals surface area contributed by atoms with Crippen molar-refractivity contribution in [3.05, 3.63) is 40.8 Å². The lowest BCUT2D eigenvalue weighted by Crippen LogP contribution is -2.17. The molecule has 3 nitrogen and oxygen atoms in total. The Morgan fingerprint density at radius 3 is 2.50 bits per heavy atom. The van der Waals surface area contributed by atoms with Crippen LogP contribution in [0.2, 0.25) is 0 Å². The van der Waals surface area contributed by atoms with E-state index >= 15 is 0 Å². The normalized spacial score (nSPS) is 11.3. The van der Waals surface area contributed by atoms with Crippen molar-refractivity contribution in [3.63, 3.8) is 0 Å². The van der Waals surface area contributed by atoms with Crippen LogP contribution < -0.4 is 10.1 Å². The molecule has 0 unspecified atom stereocenters. The Bertz CT molecular complexity index is 482. The molecule has 7 heteroatoms. The van der Waals surface area contributed by atoms with Crippen molar-refractivity contribution in [1.29, 1.82) is 0 Å². The number of aromatic nitrogens is 1. The zero-order valence-electron chi connectivity index (χ0n) is 9.07. The average molecular weight is 274 g/mol. The van der Waals surface area contributed by atoms with Crippen molar-refractivity contribution < 1.29 is 17.9 Å². The van der Waals surface area contributed by atoms with Crippen molar-refractivity contribution in [2.75, 3.05) is 5.32 Å². The van der Waals surface area contributed by atoms with Crippen molar-refractivity contribution in [3.8, 4) is 5.75 Å². The molecule has 0 aliphatic rings. The summed E-state index contributed by atoms with van der Waals surface area (Å²) in [6.07, 6.45) is -4.66. The Kier molecular flexibility index (Phi) is 3.71. The minimum absolute atomic E-state index is 0.235. The Morgan fingerprint density at radius 1 is 1.22 bits per heavy atom. The number of hydrogen-bond acceptors (Lipinski definition) is 4. The fourth-order valence-electron chi connectivity index (χ4n) is 1.29. The van der Waals surface area contributed by atoms with E-state index in [1.54, 1.807) is 5.51 Å². The van der Waals surface area contributed by atoms with E-state index in [-0.39, 0.29) is 5.75 Å². The fraction of sp³-hybridized carbons (Fsp3) is 0.182. The fourth-order valence-corrected chi connectivity index (χ4v) is 1.85. The minimum atomic E-state index is -4.66. The van der Waals surface area contributed by atoms with Gasteiger partial charge in [-0.2, -0.15) is 0 Å². The third-order valence-electron chi connectivity index (χ3n) is 2.04. The first-order valence-corrected chi connectivity index (χ1v) is 5.94. The lowest BCUT2D eigenvalue weighted by atomic mass is 10.3. The second kappa shape index (κ2) is 5.26. The predicted octanol–water partition coefficient (Wildman–Crippen LogP) is 3.65. The van der Waals surface area contributed by atoms with Gasteiger partial charge in [-0.3, -0.25) is 0 Å². The predicted molar refractivity (Wildman–Crippen MR) is 62.6 cm³/mol. The Balaban J connectivity index is 1.91. The summed E-state index contributed by atoms with van der Waals surface area (Å²) in [5, 5.41) is 4.94. The van der Waals surface area contributed by atoms with E-state index in [0.717, 1.165) is 5.69 Å². The van der Waals surface area contributed by atoms with Crippen LogP contribution in [0, 0.1) is 0 Å². The summed E-state index contributed by atoms with van der Waals surface area (Å²) in [5.74, 6) is -0.235. The van der Waals surface area contributed by atoms with E-state index in [0.29, 0.717) is 12.2 Å². The summed E-state index contributed by atoms with van der Waals surface area (Å²) in [6, 6.07) is 5.56. The number of benzene rings is 1. The monoisotopic (exact) mass is 274 g/mol. The van der Waals surface area contributed by atoms with E-state index in [4.69, 9.17) is 0 Å². The maximum absolute atomic E-state index is 11.9. The largest absolute Gasteiger partial charge is 0.573 e. The highest BCUT2D eigenvalue weighted by Gasteiger charge is 2.30. The van der Waals surface area contributed by atoms with Crippen LogP contribution in [0.4, 0.5) is 18.9 Å². The first kappa shape index (κ1) is 12.7. The van der Waals surface area contributed by atoms with Crippen molar-refractivity contribution in [2.45, 2.75) is 12.9 Å². The minimum Gasteiger partial charge on any atom is -0.406 e. The van der Waals surface area contributed by atoms with Gasteiger partial charge in [0.2, 0.25) is 0 Å². The van der Waals surface area contributed by atoms with Gasteiger partial charge in [0, 0.05) is 11.1 Å². The van der Waals surface area contributed by atoms with Crippen molar-refractivity contribution in [1.82, 2.24) is 4.98 Å². The summed E-state index contributed by atoms with van der Waals surface area (Å²) >= 11 is 1.49. The number of nitrogens with one attached hydrogen (secondary N) is 1. The highest BCUT2D eigenvalue weighted by atomic mass is 32.1. The summed E-state index contributed by atoms with van der Waals surface area (Å²) in [5.41, 5.74) is 3.31. The van der Waals surface area contributed by atoms with Gasteiger partial charge in [0.05, 0.1) is 17.7 Å². The van der Waals surface area contributed by atoms with Gasteiger partial charge in [-0.25, -0.2) is 4.98 Å². The Morgan fingerprint density at radius 2 is 1.94 bits per heavy atom. The molecule has 2 rings (SSSR count). The molecule has 0 saturated carbocycles. The van der Waals surface area contributed by atoms with Gasteiger partial charge in [-0.05, 0) is 24.3 Å². The second-order valence-electron chi connectivity index (χ2n) is 3.41. The number of alkyl halides is 3. The Labute approximate surface area is 105 Å². The lowest BCUT2D eigenvalue weighted by Gasteiger charge is -2.09. The highest BCUT2D eigenvalue weighted by molar-refractivity contribution is 7.07. The second-order valence-corrected chi connectivity index (χ2v) is 4.12. The third-order valence-corrected chi connectivity index (χ3v) is 2.68. The van der Waals surface area contributed by atoms with Crippen LogP contribution >= 0.6 is 11.3 Å². The lowest BCUT2D eigenvalue weighted by molar-refractivity contribution is -0.274. The van der Waals surface area contributed by atoms with Crippen LogP contribution in [0.15, 0.2) is 35.2 Å². The van der Waals surface area contributed by atoms with Crippen LogP contribution in [-0.4, -0.2) is 11.3 Å². The molecule has 0 radical (unpaired) electrons. The van der Waals surface area contributed by atoms with Gasteiger partial charge in [0.25, 0.3) is 0 Å². The molecule has 0 fully saturated rings. The summed E-state index contributed by atoms with van der Waals surface area (Å²) < 4.78 is 39.6. The first-order chi connectivity index (χ1) is 8.53. The van der Waals surface area contributed by atoms with Crippen LogP contribution in [-0.2, 0) is 6.54 Å². The van der Waals surface area contributed by atoms with E-state index in [1.807, 2.05) is 5.38 Å². The highest BCUT2D eigenvalue weighted by Crippen LogP contribution is 2.24. The molecule has 0 saturated heterocycles. The molecule has 0 aliphatic carbocycles. The van der Waals surface area contributed by atoms with Crippen LogP contribution in [0.1, 0.15) is 5.69 Å². The van der Waals surface area contributed by atoms with Crippen LogP contribution in [0.3, 0.4) is 0 Å². The molecule has 0 bridgehead atoms. The number of hydrogen-bond donors (Lipinski definition) is 1. The third kappa shape index (κ3) is 3.92. The number of ether oxygens (including phenoxy) is 1. The molecule has 0 aliphatic heterocycles. The number of nitrogens with zero attached hydrogens (tertiary/aromatic N) is 1. The standard InChI is InChI=1S/C11H9F3N2OS/c12-11(13,14)17-10-3-1-8(2-4-10)15-5-9-6-18-7-16-9/h1-4,6-7,15H,5H2. The van der Waals surface area contributed by atoms with Crippen molar-refractivity contribution in [2.24, 2.45) is 0 Å². The number of rotatable bonds is 4. The molecular weight excluding hydrogens is 265 g/mol. The summed E-state index contributed by atoms with van der Waals surface area (Å²) in [7, 11) is 0. The van der Waals surface area contributed by atoms with Crippen molar-refractivity contribution >= 4 is 17.0 Å². The summed E-state index contributed by atoms with van der Waals surface area (Å²) in [4.78, 5) is 4.08. The molecule has 18 heavy (non-hydrogen) atoms. The molecule has 1 heterocycles. The summed E-state index contributed by atoms with van der Waals surface area (Å²) in [6.45, 7) is 0.531. The van der Waals surface area contributed by atoms with E-state index < -0.39 is 6.36 Å². The van der Waals surface area contributed by atoms with Gasteiger partial charge < -0.3 is 10.1 Å². The smallest absolute Gasteiger partial charge is 0.406 e. The van der Waals surface area contributed by atoms with Crippen LogP contribution in [0.25, 0.3) is 0 Å². The SMILES string of the molecule is FC(F)(F)Oc1ccc(NCc2cscn2)cc1.